The van der Waals surface area contributed by atoms with Crippen LogP contribution < -0.4 is 5.73 Å². The van der Waals surface area contributed by atoms with E-state index in [1.165, 1.54) is 38.5 Å². The minimum atomic E-state index is 0.489. The van der Waals surface area contributed by atoms with Crippen molar-refractivity contribution in [3.8, 4) is 0 Å². The predicted molar refractivity (Wildman–Crippen MR) is 75.2 cm³/mol. The monoisotopic (exact) mass is 239 g/mol. The highest BCUT2D eigenvalue weighted by atomic mass is 15.3. The molecule has 1 atom stereocenters. The van der Waals surface area contributed by atoms with Crippen molar-refractivity contribution in [3.63, 3.8) is 0 Å². The molecular formula is C14H29N3. The molecule has 17 heavy (non-hydrogen) atoms. The van der Waals surface area contributed by atoms with Gasteiger partial charge in [0.1, 0.15) is 0 Å². The Bertz CT molecular complexity index is 232. The van der Waals surface area contributed by atoms with Gasteiger partial charge in [0.15, 0.2) is 5.96 Å². The van der Waals surface area contributed by atoms with Gasteiger partial charge in [0.2, 0.25) is 0 Å². The third kappa shape index (κ3) is 4.57. The van der Waals surface area contributed by atoms with E-state index in [4.69, 9.17) is 10.7 Å². The van der Waals surface area contributed by atoms with Crippen LogP contribution in [0.15, 0.2) is 4.99 Å². The molecule has 0 bridgehead atoms. The van der Waals surface area contributed by atoms with Gasteiger partial charge in [0.25, 0.3) is 0 Å². The molecule has 0 radical (unpaired) electrons. The third-order valence-electron chi connectivity index (χ3n) is 3.81. The summed E-state index contributed by atoms with van der Waals surface area (Å²) in [6.45, 7) is 7.73. The van der Waals surface area contributed by atoms with E-state index in [1.807, 2.05) is 0 Å². The van der Waals surface area contributed by atoms with E-state index in [2.05, 4.69) is 25.7 Å². The lowest BCUT2D eigenvalue weighted by atomic mass is 10.2. The number of aliphatic imine (C=N–C) groups is 1. The first-order valence-corrected chi connectivity index (χ1v) is 7.28. The maximum absolute atomic E-state index is 6.19. The minimum absolute atomic E-state index is 0.489. The number of hydrogen-bond donors (Lipinski definition) is 1. The molecule has 0 aliphatic heterocycles. The van der Waals surface area contributed by atoms with E-state index in [0.717, 1.165) is 18.9 Å². The maximum Gasteiger partial charge on any atom is 0.191 e. The van der Waals surface area contributed by atoms with Crippen LogP contribution in [0, 0.1) is 0 Å². The van der Waals surface area contributed by atoms with E-state index in [-0.39, 0.29) is 0 Å². The molecule has 3 heteroatoms. The van der Waals surface area contributed by atoms with Crippen molar-refractivity contribution < 1.29 is 0 Å². The van der Waals surface area contributed by atoms with E-state index in [9.17, 15) is 0 Å². The molecule has 1 unspecified atom stereocenters. The maximum atomic E-state index is 6.19. The highest BCUT2D eigenvalue weighted by molar-refractivity contribution is 5.78. The van der Waals surface area contributed by atoms with Crippen molar-refractivity contribution in [1.82, 2.24) is 4.90 Å². The fraction of sp³-hybridized carbons (Fsp3) is 0.929. The lowest BCUT2D eigenvalue weighted by molar-refractivity contribution is 0.311. The summed E-state index contributed by atoms with van der Waals surface area (Å²) in [6, 6.07) is 0.995. The molecule has 0 aromatic rings. The molecule has 2 N–H and O–H groups in total. The highest BCUT2D eigenvalue weighted by Crippen LogP contribution is 2.21. The van der Waals surface area contributed by atoms with E-state index in [1.54, 1.807) is 0 Å². The van der Waals surface area contributed by atoms with Crippen molar-refractivity contribution in [2.75, 3.05) is 6.54 Å². The molecule has 0 amide bonds. The number of nitrogens with two attached hydrogens (primary N) is 1. The molecule has 0 saturated heterocycles. The van der Waals surface area contributed by atoms with Gasteiger partial charge in [0, 0.05) is 12.6 Å². The minimum Gasteiger partial charge on any atom is -0.370 e. The molecule has 1 fully saturated rings. The molecule has 1 saturated carbocycles. The Labute approximate surface area is 106 Å². The van der Waals surface area contributed by atoms with Gasteiger partial charge in [-0.25, -0.2) is 4.99 Å². The molecule has 0 heterocycles. The lowest BCUT2D eigenvalue weighted by Gasteiger charge is -2.30. The fourth-order valence-electron chi connectivity index (χ4n) is 2.40. The second kappa shape index (κ2) is 7.57. The molecule has 0 aromatic carbocycles. The summed E-state index contributed by atoms with van der Waals surface area (Å²) in [5, 5.41) is 0. The zero-order valence-corrected chi connectivity index (χ0v) is 11.8. The number of hydrogen-bond acceptors (Lipinski definition) is 1. The number of rotatable bonds is 6. The number of unbranched alkanes of at least 4 members (excludes halogenated alkanes) is 1. The van der Waals surface area contributed by atoms with Gasteiger partial charge >= 0.3 is 0 Å². The molecule has 1 rings (SSSR count). The second-order valence-corrected chi connectivity index (χ2v) is 5.23. The first-order chi connectivity index (χ1) is 8.19. The van der Waals surface area contributed by atoms with Crippen LogP contribution in [0.4, 0.5) is 0 Å². The van der Waals surface area contributed by atoms with Crippen molar-refractivity contribution in [2.45, 2.75) is 77.8 Å². The standard InChI is InChI=1S/C14H29N3/c1-4-6-11-17(12(3)5-2)14(15)16-13-9-7-8-10-13/h12-13H,4-11H2,1-3H3,(H2,15,16). The molecule has 0 aromatic heterocycles. The Morgan fingerprint density at radius 1 is 1.35 bits per heavy atom. The summed E-state index contributed by atoms with van der Waals surface area (Å²) < 4.78 is 0. The Morgan fingerprint density at radius 3 is 2.53 bits per heavy atom. The van der Waals surface area contributed by atoms with Gasteiger partial charge < -0.3 is 10.6 Å². The highest BCUT2D eigenvalue weighted by Gasteiger charge is 2.18. The summed E-state index contributed by atoms with van der Waals surface area (Å²) in [6.07, 6.45) is 8.63. The molecule has 1 aliphatic rings. The quantitative estimate of drug-likeness (QED) is 0.571. The number of guanidine groups is 1. The molecular weight excluding hydrogens is 210 g/mol. The fourth-order valence-corrected chi connectivity index (χ4v) is 2.40. The van der Waals surface area contributed by atoms with E-state index in [0.29, 0.717) is 12.1 Å². The van der Waals surface area contributed by atoms with Crippen LogP contribution in [0.3, 0.4) is 0 Å². The summed E-state index contributed by atoms with van der Waals surface area (Å²) in [4.78, 5) is 7.01. The van der Waals surface area contributed by atoms with Gasteiger partial charge in [0.05, 0.1) is 6.04 Å². The van der Waals surface area contributed by atoms with Gasteiger partial charge in [-0.3, -0.25) is 0 Å². The van der Waals surface area contributed by atoms with E-state index < -0.39 is 0 Å². The zero-order valence-electron chi connectivity index (χ0n) is 11.8. The topological polar surface area (TPSA) is 41.6 Å². The first-order valence-electron chi connectivity index (χ1n) is 7.28. The first kappa shape index (κ1) is 14.3. The van der Waals surface area contributed by atoms with Gasteiger partial charge in [-0.2, -0.15) is 0 Å². The van der Waals surface area contributed by atoms with Crippen LogP contribution >= 0.6 is 0 Å². The Balaban J connectivity index is 2.59. The Morgan fingerprint density at radius 2 is 2.00 bits per heavy atom. The van der Waals surface area contributed by atoms with Crippen molar-refractivity contribution in [1.29, 1.82) is 0 Å². The Kier molecular flexibility index (Phi) is 6.38. The average molecular weight is 239 g/mol. The van der Waals surface area contributed by atoms with E-state index >= 15 is 0 Å². The predicted octanol–water partition coefficient (Wildman–Crippen LogP) is 3.14. The SMILES string of the molecule is CCCCN(C(N)=NC1CCCC1)C(C)CC. The van der Waals surface area contributed by atoms with Gasteiger partial charge in [-0.05, 0) is 32.6 Å². The zero-order chi connectivity index (χ0) is 12.7. The Hall–Kier alpha value is -0.730. The summed E-state index contributed by atoms with van der Waals surface area (Å²) in [5.41, 5.74) is 6.19. The van der Waals surface area contributed by atoms with Crippen LogP contribution in [0.1, 0.15) is 65.7 Å². The summed E-state index contributed by atoms with van der Waals surface area (Å²) in [7, 11) is 0. The molecule has 3 nitrogen and oxygen atoms in total. The van der Waals surface area contributed by atoms with Crippen LogP contribution in [0.2, 0.25) is 0 Å². The average Bonchev–Trinajstić information content (AvgIpc) is 2.81. The van der Waals surface area contributed by atoms with Crippen molar-refractivity contribution in [2.24, 2.45) is 10.7 Å². The third-order valence-corrected chi connectivity index (χ3v) is 3.81. The van der Waals surface area contributed by atoms with Crippen molar-refractivity contribution >= 4 is 5.96 Å². The van der Waals surface area contributed by atoms with Crippen LogP contribution in [0.5, 0.6) is 0 Å². The lowest BCUT2D eigenvalue weighted by Crippen LogP contribution is -2.44. The van der Waals surface area contributed by atoms with Crippen LogP contribution in [-0.4, -0.2) is 29.5 Å². The van der Waals surface area contributed by atoms with Crippen LogP contribution in [-0.2, 0) is 0 Å². The molecule has 100 valence electrons. The largest absolute Gasteiger partial charge is 0.370 e. The summed E-state index contributed by atoms with van der Waals surface area (Å²) in [5.74, 6) is 0.778. The van der Waals surface area contributed by atoms with Crippen molar-refractivity contribution in [3.05, 3.63) is 0 Å². The van der Waals surface area contributed by atoms with Crippen LogP contribution in [0.25, 0.3) is 0 Å². The smallest absolute Gasteiger partial charge is 0.191 e. The van der Waals surface area contributed by atoms with Gasteiger partial charge in [-0.15, -0.1) is 0 Å². The van der Waals surface area contributed by atoms with Gasteiger partial charge in [-0.1, -0.05) is 33.1 Å². The molecule has 1 aliphatic carbocycles. The summed E-state index contributed by atoms with van der Waals surface area (Å²) >= 11 is 0. The normalized spacial score (nSPS) is 19.6. The molecule has 0 spiro atoms. The second-order valence-electron chi connectivity index (χ2n) is 5.23. The number of nitrogens with zero attached hydrogens (tertiary/aromatic N) is 2.